The second kappa shape index (κ2) is 8.81. The second-order valence-corrected chi connectivity index (χ2v) is 6.79. The van der Waals surface area contributed by atoms with Gasteiger partial charge < -0.3 is 9.84 Å². The summed E-state index contributed by atoms with van der Waals surface area (Å²) in [7, 11) is 0. The van der Waals surface area contributed by atoms with Crippen molar-refractivity contribution in [2.45, 2.75) is 6.04 Å². The molecule has 2 N–H and O–H groups in total. The number of ether oxygens (including phenoxy) is 1. The number of hydrogen-bond acceptors (Lipinski definition) is 6. The summed E-state index contributed by atoms with van der Waals surface area (Å²) in [5.74, 6) is -0.130. The summed E-state index contributed by atoms with van der Waals surface area (Å²) in [6.07, 6.45) is 4.83. The molecule has 3 aromatic rings. The Bertz CT molecular complexity index is 1020. The van der Waals surface area contributed by atoms with Crippen molar-refractivity contribution in [3.63, 3.8) is 0 Å². The number of pyridine rings is 1. The van der Waals surface area contributed by atoms with E-state index >= 15 is 0 Å². The van der Waals surface area contributed by atoms with Crippen LogP contribution in [0.4, 0.5) is 0 Å². The van der Waals surface area contributed by atoms with E-state index < -0.39 is 6.04 Å². The maximum Gasteiger partial charge on any atom is 0.262 e. The van der Waals surface area contributed by atoms with Crippen molar-refractivity contribution >= 4 is 22.9 Å². The molecule has 7 nitrogen and oxygen atoms in total. The third kappa shape index (κ3) is 4.26. The minimum Gasteiger partial charge on any atom is -0.507 e. The van der Waals surface area contributed by atoms with E-state index in [1.165, 1.54) is 6.21 Å². The summed E-state index contributed by atoms with van der Waals surface area (Å²) < 4.78 is 5.42. The lowest BCUT2D eigenvalue weighted by Crippen LogP contribution is -2.44. The molecule has 1 aliphatic rings. The Labute approximate surface area is 168 Å². The fraction of sp³-hybridized carbons (Fsp3) is 0.227. The monoisotopic (exact) mass is 390 g/mol. The van der Waals surface area contributed by atoms with Crippen LogP contribution >= 0.6 is 0 Å². The number of hydrazone groups is 1. The van der Waals surface area contributed by atoms with Gasteiger partial charge >= 0.3 is 0 Å². The molecule has 7 heteroatoms. The summed E-state index contributed by atoms with van der Waals surface area (Å²) in [5, 5.41) is 16.2. The highest BCUT2D eigenvalue weighted by Crippen LogP contribution is 2.25. The van der Waals surface area contributed by atoms with E-state index in [9.17, 15) is 9.90 Å². The lowest BCUT2D eigenvalue weighted by Gasteiger charge is -2.33. The molecule has 1 amide bonds. The molecule has 0 radical (unpaired) electrons. The Morgan fingerprint density at radius 3 is 2.69 bits per heavy atom. The molecular weight excluding hydrogens is 368 g/mol. The van der Waals surface area contributed by atoms with Gasteiger partial charge in [0.05, 0.1) is 19.4 Å². The minimum atomic E-state index is -0.486. The van der Waals surface area contributed by atoms with Crippen molar-refractivity contribution in [3.05, 3.63) is 72.1 Å². The molecule has 0 bridgehead atoms. The number of aromatic hydroxyl groups is 1. The number of morpholine rings is 1. The van der Waals surface area contributed by atoms with Crippen molar-refractivity contribution < 1.29 is 14.6 Å². The number of phenols is 1. The number of aromatic nitrogens is 1. The summed E-state index contributed by atoms with van der Waals surface area (Å²) in [5.41, 5.74) is 4.05. The average Bonchev–Trinajstić information content (AvgIpc) is 2.77. The zero-order valence-corrected chi connectivity index (χ0v) is 15.9. The second-order valence-electron chi connectivity index (χ2n) is 6.79. The molecule has 0 aliphatic carbocycles. The topological polar surface area (TPSA) is 87.0 Å². The van der Waals surface area contributed by atoms with Gasteiger partial charge in [-0.15, -0.1) is 0 Å². The fourth-order valence-electron chi connectivity index (χ4n) is 3.55. The van der Waals surface area contributed by atoms with E-state index in [-0.39, 0.29) is 11.7 Å². The number of hydrogen-bond donors (Lipinski definition) is 2. The summed E-state index contributed by atoms with van der Waals surface area (Å²) >= 11 is 0. The third-order valence-corrected chi connectivity index (χ3v) is 5.00. The molecular formula is C22H22N4O3. The van der Waals surface area contributed by atoms with Gasteiger partial charge in [-0.1, -0.05) is 30.3 Å². The fourth-order valence-corrected chi connectivity index (χ4v) is 3.55. The van der Waals surface area contributed by atoms with Gasteiger partial charge in [-0.2, -0.15) is 5.10 Å². The summed E-state index contributed by atoms with van der Waals surface area (Å²) in [6.45, 7) is 2.49. The first-order chi connectivity index (χ1) is 14.2. The van der Waals surface area contributed by atoms with Crippen LogP contribution in [0, 0.1) is 0 Å². The molecule has 1 aromatic heterocycles. The first-order valence-electron chi connectivity index (χ1n) is 9.49. The zero-order valence-electron chi connectivity index (χ0n) is 15.9. The van der Waals surface area contributed by atoms with Crippen LogP contribution in [0.15, 0.2) is 66.0 Å². The number of carbonyl (C=O) groups is 1. The van der Waals surface area contributed by atoms with Crippen molar-refractivity contribution in [1.29, 1.82) is 0 Å². The maximum absolute atomic E-state index is 13.0. The number of nitrogens with one attached hydrogen (secondary N) is 1. The highest BCUT2D eigenvalue weighted by Gasteiger charge is 2.28. The lowest BCUT2D eigenvalue weighted by atomic mass is 10.0. The molecule has 1 saturated heterocycles. The van der Waals surface area contributed by atoms with Crippen molar-refractivity contribution in [3.8, 4) is 5.75 Å². The van der Waals surface area contributed by atoms with Crippen LogP contribution in [0.5, 0.6) is 5.75 Å². The third-order valence-electron chi connectivity index (χ3n) is 5.00. The van der Waals surface area contributed by atoms with Crippen LogP contribution in [-0.4, -0.2) is 53.4 Å². The Hall–Kier alpha value is -3.29. The number of amides is 1. The molecule has 0 spiro atoms. The van der Waals surface area contributed by atoms with Gasteiger partial charge in [-0.3, -0.25) is 14.7 Å². The van der Waals surface area contributed by atoms with E-state index in [0.717, 1.165) is 16.3 Å². The van der Waals surface area contributed by atoms with Gasteiger partial charge in [-0.25, -0.2) is 5.43 Å². The first kappa shape index (κ1) is 19.0. The normalized spacial score (nSPS) is 16.1. The van der Waals surface area contributed by atoms with E-state index in [2.05, 4.69) is 20.4 Å². The molecule has 2 heterocycles. The SMILES string of the molecule is O=C(N/N=C\c1c(O)ccc2ccccc12)[C@H](c1ccncc1)N1CCOCC1. The number of fused-ring (bicyclic) bond motifs is 1. The largest absolute Gasteiger partial charge is 0.507 e. The van der Waals surface area contributed by atoms with Gasteiger partial charge in [0.15, 0.2) is 0 Å². The van der Waals surface area contributed by atoms with E-state index in [4.69, 9.17) is 4.74 Å². The number of nitrogens with zero attached hydrogens (tertiary/aromatic N) is 3. The number of rotatable bonds is 5. The van der Waals surface area contributed by atoms with Crippen LogP contribution in [0.3, 0.4) is 0 Å². The smallest absolute Gasteiger partial charge is 0.262 e. The van der Waals surface area contributed by atoms with Crippen molar-refractivity contribution in [2.75, 3.05) is 26.3 Å². The van der Waals surface area contributed by atoms with Crippen molar-refractivity contribution in [1.82, 2.24) is 15.3 Å². The molecule has 0 unspecified atom stereocenters. The number of phenolic OH excluding ortho intramolecular Hbond substituents is 1. The molecule has 0 saturated carbocycles. The molecule has 4 rings (SSSR count). The molecule has 1 atom stereocenters. The number of benzene rings is 2. The van der Waals surface area contributed by atoms with Crippen LogP contribution < -0.4 is 5.43 Å². The van der Waals surface area contributed by atoms with Crippen LogP contribution in [0.2, 0.25) is 0 Å². The van der Waals surface area contributed by atoms with E-state index in [0.29, 0.717) is 31.9 Å². The van der Waals surface area contributed by atoms with Gasteiger partial charge in [0.25, 0.3) is 5.91 Å². The highest BCUT2D eigenvalue weighted by atomic mass is 16.5. The Morgan fingerprint density at radius 2 is 1.90 bits per heavy atom. The van der Waals surface area contributed by atoms with Gasteiger partial charge in [0, 0.05) is 31.0 Å². The van der Waals surface area contributed by atoms with Gasteiger partial charge in [0.1, 0.15) is 11.8 Å². The Kier molecular flexibility index (Phi) is 5.79. The van der Waals surface area contributed by atoms with E-state index in [1.54, 1.807) is 18.5 Å². The summed E-state index contributed by atoms with van der Waals surface area (Å²) in [4.78, 5) is 19.1. The standard InChI is InChI=1S/C22H22N4O3/c27-20-6-5-16-3-1-2-4-18(16)19(20)15-24-25-22(28)21(17-7-9-23-10-8-17)26-11-13-29-14-12-26/h1-10,15,21,27H,11-14H2,(H,25,28)/b24-15-/t21-/m0/s1. The van der Waals surface area contributed by atoms with Gasteiger partial charge in [-0.05, 0) is 34.5 Å². The van der Waals surface area contributed by atoms with Crippen LogP contribution in [-0.2, 0) is 9.53 Å². The van der Waals surface area contributed by atoms with Crippen LogP contribution in [0.25, 0.3) is 10.8 Å². The highest BCUT2D eigenvalue weighted by molar-refractivity contribution is 6.02. The quantitative estimate of drug-likeness (QED) is 0.516. The average molecular weight is 390 g/mol. The van der Waals surface area contributed by atoms with Crippen LogP contribution in [0.1, 0.15) is 17.2 Å². The van der Waals surface area contributed by atoms with Crippen molar-refractivity contribution in [2.24, 2.45) is 5.10 Å². The van der Waals surface area contributed by atoms with E-state index in [1.807, 2.05) is 42.5 Å². The Balaban J connectivity index is 1.56. The Morgan fingerprint density at radius 1 is 1.14 bits per heavy atom. The molecule has 1 fully saturated rings. The zero-order chi connectivity index (χ0) is 20.1. The molecule has 29 heavy (non-hydrogen) atoms. The summed E-state index contributed by atoms with van der Waals surface area (Å²) in [6, 6.07) is 14.4. The number of carbonyl (C=O) groups excluding carboxylic acids is 1. The molecule has 148 valence electrons. The minimum absolute atomic E-state index is 0.112. The first-order valence-corrected chi connectivity index (χ1v) is 9.49. The molecule has 2 aromatic carbocycles. The predicted octanol–water partition coefficient (Wildman–Crippen LogP) is 2.46. The molecule has 1 aliphatic heterocycles. The van der Waals surface area contributed by atoms with Gasteiger partial charge in [0.2, 0.25) is 0 Å². The maximum atomic E-state index is 13.0. The lowest BCUT2D eigenvalue weighted by molar-refractivity contribution is -0.128. The predicted molar refractivity (Wildman–Crippen MR) is 111 cm³/mol.